The van der Waals surface area contributed by atoms with Crippen LogP contribution in [0.1, 0.15) is 26.3 Å². The first-order chi connectivity index (χ1) is 7.51. The zero-order chi connectivity index (χ0) is 12.2. The molecule has 0 saturated carbocycles. The molecule has 0 bridgehead atoms. The maximum absolute atomic E-state index is 8.85. The van der Waals surface area contributed by atoms with Crippen LogP contribution in [-0.2, 0) is 4.74 Å². The summed E-state index contributed by atoms with van der Waals surface area (Å²) in [4.78, 5) is 2.03. The standard InChI is InChI=1S/C13H18N2O/c1-5-16-13(2,3)15(4)12-8-6-7-11(9-12)10-14/h6-9H,5H2,1-4H3. The lowest BCUT2D eigenvalue weighted by Gasteiger charge is -2.37. The molecule has 0 fully saturated rings. The van der Waals surface area contributed by atoms with E-state index in [1.54, 1.807) is 6.07 Å². The van der Waals surface area contributed by atoms with E-state index in [4.69, 9.17) is 10.00 Å². The van der Waals surface area contributed by atoms with E-state index in [0.29, 0.717) is 12.2 Å². The number of nitrogens with zero attached hydrogens (tertiary/aromatic N) is 2. The van der Waals surface area contributed by atoms with E-state index in [2.05, 4.69) is 6.07 Å². The zero-order valence-electron chi connectivity index (χ0n) is 10.3. The molecule has 0 radical (unpaired) electrons. The summed E-state index contributed by atoms with van der Waals surface area (Å²) in [7, 11) is 1.96. The third-order valence-electron chi connectivity index (χ3n) is 2.67. The van der Waals surface area contributed by atoms with Crippen molar-refractivity contribution < 1.29 is 4.74 Å². The van der Waals surface area contributed by atoms with E-state index in [1.807, 2.05) is 50.9 Å². The van der Waals surface area contributed by atoms with E-state index >= 15 is 0 Å². The Morgan fingerprint density at radius 2 is 2.12 bits per heavy atom. The maximum atomic E-state index is 8.85. The summed E-state index contributed by atoms with van der Waals surface area (Å²) >= 11 is 0. The minimum Gasteiger partial charge on any atom is -0.357 e. The van der Waals surface area contributed by atoms with Crippen LogP contribution in [0.5, 0.6) is 0 Å². The lowest BCUT2D eigenvalue weighted by Crippen LogP contribution is -2.43. The molecule has 0 heterocycles. The minimum atomic E-state index is -0.372. The van der Waals surface area contributed by atoms with Gasteiger partial charge in [-0.15, -0.1) is 0 Å². The Bertz CT molecular complexity index is 393. The molecule has 0 aliphatic carbocycles. The molecule has 3 nitrogen and oxygen atoms in total. The zero-order valence-corrected chi connectivity index (χ0v) is 10.3. The van der Waals surface area contributed by atoms with Crippen molar-refractivity contribution >= 4 is 5.69 Å². The van der Waals surface area contributed by atoms with Crippen LogP contribution in [0.25, 0.3) is 0 Å². The van der Waals surface area contributed by atoms with Crippen molar-refractivity contribution in [2.45, 2.75) is 26.5 Å². The molecule has 0 aliphatic heterocycles. The van der Waals surface area contributed by atoms with Crippen LogP contribution in [0.4, 0.5) is 5.69 Å². The van der Waals surface area contributed by atoms with Gasteiger partial charge in [-0.05, 0) is 39.0 Å². The molecule has 0 saturated heterocycles. The van der Waals surface area contributed by atoms with Gasteiger partial charge < -0.3 is 9.64 Å². The molecule has 0 aromatic heterocycles. The number of hydrogen-bond donors (Lipinski definition) is 0. The molecule has 0 atom stereocenters. The highest BCUT2D eigenvalue weighted by atomic mass is 16.5. The minimum absolute atomic E-state index is 0.372. The van der Waals surface area contributed by atoms with Crippen molar-refractivity contribution in [1.82, 2.24) is 0 Å². The molecule has 0 aliphatic rings. The van der Waals surface area contributed by atoms with Crippen molar-refractivity contribution in [3.05, 3.63) is 29.8 Å². The Kier molecular flexibility index (Phi) is 3.92. The van der Waals surface area contributed by atoms with E-state index in [1.165, 1.54) is 0 Å². The van der Waals surface area contributed by atoms with Gasteiger partial charge in [-0.1, -0.05) is 6.07 Å². The topological polar surface area (TPSA) is 36.3 Å². The van der Waals surface area contributed by atoms with E-state index < -0.39 is 0 Å². The first-order valence-electron chi connectivity index (χ1n) is 5.39. The third kappa shape index (κ3) is 2.74. The first-order valence-corrected chi connectivity index (χ1v) is 5.39. The highest BCUT2D eigenvalue weighted by Crippen LogP contribution is 2.23. The van der Waals surface area contributed by atoms with Gasteiger partial charge in [-0.2, -0.15) is 5.26 Å². The molecule has 0 unspecified atom stereocenters. The molecule has 0 amide bonds. The van der Waals surface area contributed by atoms with Crippen LogP contribution >= 0.6 is 0 Å². The molecule has 0 spiro atoms. The molecule has 0 N–H and O–H groups in total. The molecular weight excluding hydrogens is 200 g/mol. The summed E-state index contributed by atoms with van der Waals surface area (Å²) < 4.78 is 5.66. The van der Waals surface area contributed by atoms with Crippen molar-refractivity contribution in [3.63, 3.8) is 0 Å². The molecule has 16 heavy (non-hydrogen) atoms. The predicted octanol–water partition coefficient (Wildman–Crippen LogP) is 2.77. The monoisotopic (exact) mass is 218 g/mol. The number of ether oxygens (including phenoxy) is 1. The van der Waals surface area contributed by atoms with Gasteiger partial charge in [0.05, 0.1) is 11.6 Å². The van der Waals surface area contributed by atoms with Gasteiger partial charge in [0.1, 0.15) is 5.72 Å². The second-order valence-corrected chi connectivity index (χ2v) is 4.10. The van der Waals surface area contributed by atoms with Gasteiger partial charge in [0.2, 0.25) is 0 Å². The molecule has 1 aromatic rings. The van der Waals surface area contributed by atoms with Crippen LogP contribution in [0.2, 0.25) is 0 Å². The lowest BCUT2D eigenvalue weighted by atomic mass is 10.1. The van der Waals surface area contributed by atoms with Gasteiger partial charge in [0.15, 0.2) is 0 Å². The summed E-state index contributed by atoms with van der Waals surface area (Å²) in [6.07, 6.45) is 0. The molecular formula is C13H18N2O. The van der Waals surface area contributed by atoms with Gasteiger partial charge in [0, 0.05) is 19.3 Å². The first kappa shape index (κ1) is 12.5. The normalized spacial score (nSPS) is 10.9. The average Bonchev–Trinajstić information content (AvgIpc) is 2.28. The maximum Gasteiger partial charge on any atom is 0.135 e. The fraction of sp³-hybridized carbons (Fsp3) is 0.462. The van der Waals surface area contributed by atoms with E-state index in [-0.39, 0.29) is 5.72 Å². The van der Waals surface area contributed by atoms with Crippen LogP contribution in [0.3, 0.4) is 0 Å². The van der Waals surface area contributed by atoms with Crippen molar-refractivity contribution in [3.8, 4) is 6.07 Å². The predicted molar refractivity (Wildman–Crippen MR) is 65.3 cm³/mol. The lowest BCUT2D eigenvalue weighted by molar-refractivity contribution is -0.00848. The highest BCUT2D eigenvalue weighted by molar-refractivity contribution is 5.52. The summed E-state index contributed by atoms with van der Waals surface area (Å²) in [5.41, 5.74) is 1.28. The summed E-state index contributed by atoms with van der Waals surface area (Å²) in [5, 5.41) is 8.85. The second kappa shape index (κ2) is 5.00. The Morgan fingerprint density at radius 1 is 1.44 bits per heavy atom. The third-order valence-corrected chi connectivity index (χ3v) is 2.67. The number of rotatable bonds is 4. The van der Waals surface area contributed by atoms with Crippen molar-refractivity contribution in [2.75, 3.05) is 18.6 Å². The SMILES string of the molecule is CCOC(C)(C)N(C)c1cccc(C#N)c1. The van der Waals surface area contributed by atoms with E-state index in [0.717, 1.165) is 5.69 Å². The quantitative estimate of drug-likeness (QED) is 0.729. The van der Waals surface area contributed by atoms with Crippen LogP contribution < -0.4 is 4.90 Å². The molecule has 3 heteroatoms. The summed E-state index contributed by atoms with van der Waals surface area (Å²) in [5.74, 6) is 0. The summed E-state index contributed by atoms with van der Waals surface area (Å²) in [6.45, 7) is 6.65. The second-order valence-electron chi connectivity index (χ2n) is 4.10. The molecule has 1 rings (SSSR count). The van der Waals surface area contributed by atoms with Crippen molar-refractivity contribution in [1.29, 1.82) is 5.26 Å². The van der Waals surface area contributed by atoms with Crippen LogP contribution in [0, 0.1) is 11.3 Å². The van der Waals surface area contributed by atoms with Gasteiger partial charge in [-0.25, -0.2) is 0 Å². The average molecular weight is 218 g/mol. The van der Waals surface area contributed by atoms with Crippen LogP contribution in [0.15, 0.2) is 24.3 Å². The van der Waals surface area contributed by atoms with E-state index in [9.17, 15) is 0 Å². The number of hydrogen-bond acceptors (Lipinski definition) is 3. The van der Waals surface area contributed by atoms with Crippen LogP contribution in [-0.4, -0.2) is 19.4 Å². The van der Waals surface area contributed by atoms with Gasteiger partial charge in [-0.3, -0.25) is 0 Å². The van der Waals surface area contributed by atoms with Crippen molar-refractivity contribution in [2.24, 2.45) is 0 Å². The molecule has 86 valence electrons. The number of nitriles is 1. The molecule has 1 aromatic carbocycles. The smallest absolute Gasteiger partial charge is 0.135 e. The van der Waals surface area contributed by atoms with Gasteiger partial charge in [0.25, 0.3) is 0 Å². The Morgan fingerprint density at radius 3 is 2.69 bits per heavy atom. The Balaban J connectivity index is 2.96. The number of anilines is 1. The van der Waals surface area contributed by atoms with Gasteiger partial charge >= 0.3 is 0 Å². The fourth-order valence-electron chi connectivity index (χ4n) is 1.55. The fourth-order valence-corrected chi connectivity index (χ4v) is 1.55. The Hall–Kier alpha value is -1.53. The highest BCUT2D eigenvalue weighted by Gasteiger charge is 2.23. The number of benzene rings is 1. The Labute approximate surface area is 97.3 Å². The largest absolute Gasteiger partial charge is 0.357 e. The summed E-state index contributed by atoms with van der Waals surface area (Å²) in [6, 6.07) is 9.65.